The third kappa shape index (κ3) is 3.77. The smallest absolute Gasteiger partial charge is 0.252 e. The fraction of sp³-hybridized carbons (Fsp3) is 0.238. The summed E-state index contributed by atoms with van der Waals surface area (Å²) in [6.45, 7) is 0. The van der Waals surface area contributed by atoms with E-state index in [9.17, 15) is 9.59 Å². The van der Waals surface area contributed by atoms with Gasteiger partial charge in [-0.15, -0.1) is 0 Å². The molecular formula is C21H21N3O2. The van der Waals surface area contributed by atoms with Crippen LogP contribution in [-0.2, 0) is 11.2 Å². The lowest BCUT2D eigenvalue weighted by molar-refractivity contribution is -0.123. The largest absolute Gasteiger partial charge is 0.361 e. The van der Waals surface area contributed by atoms with Gasteiger partial charge in [-0.1, -0.05) is 36.4 Å². The average molecular weight is 347 g/mol. The van der Waals surface area contributed by atoms with Crippen molar-refractivity contribution in [2.45, 2.75) is 31.3 Å². The highest BCUT2D eigenvalue weighted by Crippen LogP contribution is 2.19. The van der Waals surface area contributed by atoms with Gasteiger partial charge in [0.05, 0.1) is 0 Å². The Hall–Kier alpha value is -3.08. The predicted molar refractivity (Wildman–Crippen MR) is 101 cm³/mol. The zero-order chi connectivity index (χ0) is 17.9. The molecule has 2 amide bonds. The Balaban J connectivity index is 1.52. The number of aromatic amines is 1. The lowest BCUT2D eigenvalue weighted by Crippen LogP contribution is -2.48. The third-order valence-corrected chi connectivity index (χ3v) is 4.65. The van der Waals surface area contributed by atoms with E-state index in [1.807, 2.05) is 54.7 Å². The summed E-state index contributed by atoms with van der Waals surface area (Å²) in [5.41, 5.74) is 2.46. The second-order valence-corrected chi connectivity index (χ2v) is 6.78. The SMILES string of the molecule is O=C(NC(Cc1ccccc1)C(=O)NC1CC1)c1ccc2cc[nH]c2c1. The van der Waals surface area contributed by atoms with Gasteiger partial charge in [-0.3, -0.25) is 9.59 Å². The molecule has 1 aliphatic rings. The van der Waals surface area contributed by atoms with Gasteiger partial charge >= 0.3 is 0 Å². The van der Waals surface area contributed by atoms with Crippen molar-refractivity contribution in [3.05, 3.63) is 71.9 Å². The molecule has 3 aromatic rings. The van der Waals surface area contributed by atoms with Crippen LogP contribution in [0.5, 0.6) is 0 Å². The summed E-state index contributed by atoms with van der Waals surface area (Å²) in [5.74, 6) is -0.362. The molecule has 0 spiro atoms. The molecule has 4 rings (SSSR count). The molecule has 2 aromatic carbocycles. The van der Waals surface area contributed by atoms with Crippen LogP contribution < -0.4 is 10.6 Å². The van der Waals surface area contributed by atoms with Crippen molar-refractivity contribution in [2.75, 3.05) is 0 Å². The van der Waals surface area contributed by atoms with Crippen molar-refractivity contribution < 1.29 is 9.59 Å². The summed E-state index contributed by atoms with van der Waals surface area (Å²) in [7, 11) is 0. The summed E-state index contributed by atoms with van der Waals surface area (Å²) >= 11 is 0. The minimum Gasteiger partial charge on any atom is -0.361 e. The van der Waals surface area contributed by atoms with Gasteiger partial charge in [-0.2, -0.15) is 0 Å². The van der Waals surface area contributed by atoms with Gasteiger partial charge in [-0.05, 0) is 42.0 Å². The normalized spacial score (nSPS) is 14.8. The molecule has 0 bridgehead atoms. The first-order valence-electron chi connectivity index (χ1n) is 8.91. The van der Waals surface area contributed by atoms with E-state index in [1.54, 1.807) is 6.07 Å². The van der Waals surface area contributed by atoms with Gasteiger partial charge in [-0.25, -0.2) is 0 Å². The number of hydrogen-bond donors (Lipinski definition) is 3. The molecule has 5 heteroatoms. The Morgan fingerprint density at radius 1 is 1.08 bits per heavy atom. The van der Waals surface area contributed by atoms with Crippen LogP contribution in [0.4, 0.5) is 0 Å². The first kappa shape index (κ1) is 16.4. The number of rotatable bonds is 6. The second kappa shape index (κ2) is 7.04. The van der Waals surface area contributed by atoms with Crippen molar-refractivity contribution in [1.82, 2.24) is 15.6 Å². The lowest BCUT2D eigenvalue weighted by Gasteiger charge is -2.19. The molecule has 1 heterocycles. The van der Waals surface area contributed by atoms with E-state index >= 15 is 0 Å². The van der Waals surface area contributed by atoms with E-state index in [4.69, 9.17) is 0 Å². The highest BCUT2D eigenvalue weighted by atomic mass is 16.2. The maximum Gasteiger partial charge on any atom is 0.252 e. The molecule has 1 unspecified atom stereocenters. The van der Waals surface area contributed by atoms with Crippen LogP contribution in [0.2, 0.25) is 0 Å². The molecule has 26 heavy (non-hydrogen) atoms. The van der Waals surface area contributed by atoms with Gasteiger partial charge < -0.3 is 15.6 Å². The van der Waals surface area contributed by atoms with E-state index in [0.29, 0.717) is 12.0 Å². The van der Waals surface area contributed by atoms with E-state index in [1.165, 1.54) is 0 Å². The van der Waals surface area contributed by atoms with Gasteiger partial charge in [0.25, 0.3) is 5.91 Å². The van der Waals surface area contributed by atoms with Gasteiger partial charge in [0, 0.05) is 29.7 Å². The van der Waals surface area contributed by atoms with Crippen LogP contribution in [0.15, 0.2) is 60.8 Å². The number of carbonyl (C=O) groups excluding carboxylic acids is 2. The molecule has 3 N–H and O–H groups in total. The molecule has 1 aromatic heterocycles. The quantitative estimate of drug-likeness (QED) is 0.641. The average Bonchev–Trinajstić information content (AvgIpc) is 3.34. The van der Waals surface area contributed by atoms with Crippen molar-refractivity contribution in [2.24, 2.45) is 0 Å². The molecule has 1 atom stereocenters. The molecule has 5 nitrogen and oxygen atoms in total. The number of H-pyrrole nitrogens is 1. The molecular weight excluding hydrogens is 326 g/mol. The topological polar surface area (TPSA) is 74.0 Å². The fourth-order valence-corrected chi connectivity index (χ4v) is 3.02. The predicted octanol–water partition coefficient (Wildman–Crippen LogP) is 2.79. The molecule has 132 valence electrons. The Kier molecular flexibility index (Phi) is 4.44. The standard InChI is InChI=1S/C21H21N3O2/c25-20(16-7-6-15-10-11-22-18(15)13-16)24-19(21(26)23-17-8-9-17)12-14-4-2-1-3-5-14/h1-7,10-11,13,17,19,22H,8-9,12H2,(H,23,26)(H,24,25). The summed E-state index contributed by atoms with van der Waals surface area (Å²) in [5, 5.41) is 6.95. The van der Waals surface area contributed by atoms with Crippen LogP contribution >= 0.6 is 0 Å². The number of hydrogen-bond acceptors (Lipinski definition) is 2. The molecule has 0 radical (unpaired) electrons. The van der Waals surface area contributed by atoms with Gasteiger partial charge in [0.1, 0.15) is 6.04 Å². The zero-order valence-corrected chi connectivity index (χ0v) is 14.4. The lowest BCUT2D eigenvalue weighted by atomic mass is 10.0. The van der Waals surface area contributed by atoms with E-state index < -0.39 is 6.04 Å². The number of fused-ring (bicyclic) bond motifs is 1. The number of nitrogens with one attached hydrogen (secondary N) is 3. The Morgan fingerprint density at radius 2 is 1.88 bits per heavy atom. The van der Waals surface area contributed by atoms with Crippen molar-refractivity contribution >= 4 is 22.7 Å². The van der Waals surface area contributed by atoms with Crippen LogP contribution in [-0.4, -0.2) is 28.9 Å². The highest BCUT2D eigenvalue weighted by Gasteiger charge is 2.28. The van der Waals surface area contributed by atoms with Gasteiger partial charge in [0.2, 0.25) is 5.91 Å². The maximum absolute atomic E-state index is 12.7. The third-order valence-electron chi connectivity index (χ3n) is 4.65. The monoisotopic (exact) mass is 347 g/mol. The minimum absolute atomic E-state index is 0.120. The minimum atomic E-state index is -0.593. The van der Waals surface area contributed by atoms with Crippen LogP contribution in [0.3, 0.4) is 0 Å². The molecule has 1 fully saturated rings. The van der Waals surface area contributed by atoms with Crippen molar-refractivity contribution in [3.8, 4) is 0 Å². The molecule has 1 aliphatic carbocycles. The fourth-order valence-electron chi connectivity index (χ4n) is 3.02. The number of carbonyl (C=O) groups is 2. The van der Waals surface area contributed by atoms with Crippen LogP contribution in [0.25, 0.3) is 10.9 Å². The van der Waals surface area contributed by atoms with E-state index in [-0.39, 0.29) is 17.9 Å². The number of amides is 2. The first-order chi connectivity index (χ1) is 12.7. The zero-order valence-electron chi connectivity index (χ0n) is 14.4. The first-order valence-corrected chi connectivity index (χ1v) is 8.91. The summed E-state index contributed by atoms with van der Waals surface area (Å²) in [6.07, 6.45) is 4.34. The second-order valence-electron chi connectivity index (χ2n) is 6.78. The van der Waals surface area contributed by atoms with Crippen molar-refractivity contribution in [1.29, 1.82) is 0 Å². The van der Waals surface area contributed by atoms with E-state index in [2.05, 4.69) is 15.6 Å². The molecule has 0 saturated heterocycles. The molecule has 1 saturated carbocycles. The number of aromatic nitrogens is 1. The Labute approximate surface area is 151 Å². The van der Waals surface area contributed by atoms with Crippen LogP contribution in [0.1, 0.15) is 28.8 Å². The Morgan fingerprint density at radius 3 is 2.65 bits per heavy atom. The van der Waals surface area contributed by atoms with E-state index in [0.717, 1.165) is 29.3 Å². The Bertz CT molecular complexity index is 929. The van der Waals surface area contributed by atoms with Gasteiger partial charge in [0.15, 0.2) is 0 Å². The number of benzene rings is 2. The molecule has 0 aliphatic heterocycles. The summed E-state index contributed by atoms with van der Waals surface area (Å²) in [6, 6.07) is 16.9. The maximum atomic E-state index is 12.7. The summed E-state index contributed by atoms with van der Waals surface area (Å²) in [4.78, 5) is 28.4. The van der Waals surface area contributed by atoms with Crippen LogP contribution in [0, 0.1) is 0 Å². The van der Waals surface area contributed by atoms with Crippen molar-refractivity contribution in [3.63, 3.8) is 0 Å². The summed E-state index contributed by atoms with van der Waals surface area (Å²) < 4.78 is 0. The highest BCUT2D eigenvalue weighted by molar-refractivity contribution is 6.00.